The van der Waals surface area contributed by atoms with E-state index in [0.717, 1.165) is 0 Å². The summed E-state index contributed by atoms with van der Waals surface area (Å²) in [6.07, 6.45) is -8.18. The van der Waals surface area contributed by atoms with Gasteiger partial charge >= 0.3 is 0 Å². The second kappa shape index (κ2) is 11.5. The van der Waals surface area contributed by atoms with Crippen LogP contribution in [-0.4, -0.2) is 87.3 Å². The smallest absolute Gasteiger partial charge is 0.229 e. The highest BCUT2D eigenvalue weighted by Crippen LogP contribution is 2.48. The summed E-state index contributed by atoms with van der Waals surface area (Å²) in [5, 5.41) is 72.4. The third-order valence-corrected chi connectivity index (χ3v) is 7.55. The van der Waals surface area contributed by atoms with Crippen LogP contribution >= 0.6 is 0 Å². The van der Waals surface area contributed by atoms with Crippen molar-refractivity contribution in [1.82, 2.24) is 0 Å². The van der Waals surface area contributed by atoms with E-state index in [2.05, 4.69) is 0 Å². The number of aliphatic hydroxyl groups is 4. The van der Waals surface area contributed by atoms with Gasteiger partial charge in [-0.05, 0) is 36.4 Å². The predicted molar refractivity (Wildman–Crippen MR) is 156 cm³/mol. The van der Waals surface area contributed by atoms with E-state index in [-0.39, 0.29) is 67.8 Å². The van der Waals surface area contributed by atoms with E-state index in [4.69, 9.17) is 27.8 Å². The summed E-state index contributed by atoms with van der Waals surface area (Å²) >= 11 is 0. The zero-order valence-corrected chi connectivity index (χ0v) is 23.7. The number of aromatic hydroxyl groups is 3. The first kappa shape index (κ1) is 30.1. The Hall–Kier alpha value is -4.99. The monoisotopic (exact) mass is 624 g/mol. The fourth-order valence-electron chi connectivity index (χ4n) is 5.23. The molecule has 3 heterocycles. The van der Waals surface area contributed by atoms with E-state index >= 15 is 0 Å². The van der Waals surface area contributed by atoms with Crippen LogP contribution < -0.4 is 19.6 Å². The molecule has 0 amide bonds. The Morgan fingerprint density at radius 2 is 1.44 bits per heavy atom. The van der Waals surface area contributed by atoms with Gasteiger partial charge in [-0.2, -0.15) is 0 Å². The van der Waals surface area contributed by atoms with Crippen LogP contribution in [-0.2, 0) is 4.74 Å². The molecule has 7 N–H and O–H groups in total. The zero-order valence-electron chi connectivity index (χ0n) is 23.7. The van der Waals surface area contributed by atoms with Crippen molar-refractivity contribution < 1.29 is 63.5 Å². The molecule has 14 nitrogen and oxygen atoms in total. The van der Waals surface area contributed by atoms with Gasteiger partial charge in [0.25, 0.3) is 0 Å². The highest BCUT2D eigenvalue weighted by molar-refractivity contribution is 6.10. The summed E-state index contributed by atoms with van der Waals surface area (Å²) < 4.78 is 34.7. The van der Waals surface area contributed by atoms with Crippen LogP contribution in [0.4, 0.5) is 0 Å². The summed E-state index contributed by atoms with van der Waals surface area (Å²) in [6.45, 7) is -0.711. The summed E-state index contributed by atoms with van der Waals surface area (Å²) in [6, 6.07) is 10.7. The van der Waals surface area contributed by atoms with Crippen LogP contribution in [0.5, 0.6) is 34.5 Å². The van der Waals surface area contributed by atoms with Crippen molar-refractivity contribution in [3.63, 3.8) is 0 Å². The first-order chi connectivity index (χ1) is 21.5. The number of phenolic OH excluding ortho intramolecular Hbond substituents is 3. The average Bonchev–Trinajstić information content (AvgIpc) is 3.03. The van der Waals surface area contributed by atoms with Crippen LogP contribution in [0.15, 0.2) is 62.2 Å². The van der Waals surface area contributed by atoms with Gasteiger partial charge in [-0.1, -0.05) is 0 Å². The number of aliphatic hydroxyl groups excluding tert-OH is 4. The first-order valence-electron chi connectivity index (χ1n) is 13.5. The molecule has 5 aromatic rings. The van der Waals surface area contributed by atoms with Crippen LogP contribution in [0.3, 0.4) is 0 Å². The topological polar surface area (TPSA) is 222 Å². The molecule has 0 radical (unpaired) electrons. The number of hydrogen-bond acceptors (Lipinski definition) is 14. The zero-order chi connectivity index (χ0) is 32.2. The number of rotatable bonds is 7. The van der Waals surface area contributed by atoms with Crippen molar-refractivity contribution in [1.29, 1.82) is 0 Å². The molecule has 3 aromatic carbocycles. The lowest BCUT2D eigenvalue weighted by Crippen LogP contribution is -2.60. The van der Waals surface area contributed by atoms with E-state index in [1.54, 1.807) is 0 Å². The molecule has 0 saturated carbocycles. The summed E-state index contributed by atoms with van der Waals surface area (Å²) in [7, 11) is 2.64. The summed E-state index contributed by atoms with van der Waals surface area (Å²) in [5.41, 5.74) is 0.137. The lowest BCUT2D eigenvalue weighted by molar-refractivity contribution is -0.277. The Morgan fingerprint density at radius 3 is 2.07 bits per heavy atom. The largest absolute Gasteiger partial charge is 0.504 e. The van der Waals surface area contributed by atoms with Gasteiger partial charge < -0.3 is 63.5 Å². The van der Waals surface area contributed by atoms with Gasteiger partial charge in [-0.15, -0.1) is 0 Å². The van der Waals surface area contributed by atoms with Gasteiger partial charge in [0.2, 0.25) is 12.0 Å². The van der Waals surface area contributed by atoms with E-state index in [0.29, 0.717) is 5.56 Å². The molecule has 1 aliphatic heterocycles. The molecule has 1 saturated heterocycles. The normalized spacial score (nSPS) is 21.7. The molecule has 0 unspecified atom stereocenters. The standard InChI is InChI=1S/C31H28O14/c1-40-21-6-13(7-22(41-2)25(21)36)29-30(45-31-28(39)27(38)26(37)23(11-32)44-31)15-10-18(12-3-4-16(34)17(35)5-12)42-19-8-14(33)9-20(43-29)24(15)19/h3-10,23,26-28,31-32,34-39H,11H2,1-2H3/t23-,26-,27+,28-,31+/m1/s1. The van der Waals surface area contributed by atoms with Gasteiger partial charge in [0.05, 0.1) is 26.2 Å². The van der Waals surface area contributed by atoms with Gasteiger partial charge in [-0.3, -0.25) is 4.79 Å². The van der Waals surface area contributed by atoms with Crippen molar-refractivity contribution in [2.24, 2.45) is 0 Å². The van der Waals surface area contributed by atoms with Crippen LogP contribution in [0, 0.1) is 0 Å². The molecule has 0 aliphatic carbocycles. The summed E-state index contributed by atoms with van der Waals surface area (Å²) in [5.74, 6) is -1.22. The highest BCUT2D eigenvalue weighted by Gasteiger charge is 2.45. The highest BCUT2D eigenvalue weighted by atomic mass is 16.7. The molecule has 6 rings (SSSR count). The van der Waals surface area contributed by atoms with Gasteiger partial charge in [-0.25, -0.2) is 0 Å². The van der Waals surface area contributed by atoms with E-state index in [1.165, 1.54) is 62.8 Å². The number of methoxy groups -OCH3 is 2. The maximum atomic E-state index is 12.7. The Kier molecular flexibility index (Phi) is 7.68. The molecule has 1 fully saturated rings. The van der Waals surface area contributed by atoms with Gasteiger partial charge in [0.15, 0.2) is 39.9 Å². The maximum Gasteiger partial charge on any atom is 0.229 e. The van der Waals surface area contributed by atoms with Gasteiger partial charge in [0, 0.05) is 28.6 Å². The third-order valence-electron chi connectivity index (χ3n) is 7.55. The van der Waals surface area contributed by atoms with E-state index < -0.39 is 48.5 Å². The lowest BCUT2D eigenvalue weighted by atomic mass is 9.99. The van der Waals surface area contributed by atoms with Crippen molar-refractivity contribution >= 4 is 21.9 Å². The molecule has 45 heavy (non-hydrogen) atoms. The predicted octanol–water partition coefficient (Wildman–Crippen LogP) is 2.19. The van der Waals surface area contributed by atoms with Crippen molar-refractivity contribution in [3.05, 3.63) is 58.8 Å². The molecule has 0 spiro atoms. The van der Waals surface area contributed by atoms with E-state index in [9.17, 15) is 40.5 Å². The van der Waals surface area contributed by atoms with Crippen LogP contribution in [0.2, 0.25) is 0 Å². The number of phenols is 3. The fraction of sp³-hybridized carbons (Fsp3) is 0.258. The first-order valence-corrected chi connectivity index (χ1v) is 13.5. The third kappa shape index (κ3) is 5.13. The second-order valence-electron chi connectivity index (χ2n) is 10.3. The van der Waals surface area contributed by atoms with Crippen molar-refractivity contribution in [2.45, 2.75) is 30.7 Å². The molecule has 5 atom stereocenters. The Morgan fingerprint density at radius 1 is 0.778 bits per heavy atom. The summed E-state index contributed by atoms with van der Waals surface area (Å²) in [4.78, 5) is 12.7. The molecule has 14 heteroatoms. The lowest BCUT2D eigenvalue weighted by Gasteiger charge is -2.39. The molecular formula is C31H28O14. The quantitative estimate of drug-likeness (QED) is 0.129. The van der Waals surface area contributed by atoms with E-state index in [1.807, 2.05) is 0 Å². The Bertz CT molecular complexity index is 1930. The SMILES string of the molecule is COc1cc(-c2oc3cc(=O)cc4oc(-c5ccc(O)c(O)c5)cc(c2O[C@@H]2O[C@H](CO)[C@@H](O)[C@H](O)[C@H]2O)c43)cc(OC)c1O. The molecule has 236 valence electrons. The van der Waals surface area contributed by atoms with Crippen molar-refractivity contribution in [2.75, 3.05) is 20.8 Å². The number of benzene rings is 3. The molecular weight excluding hydrogens is 596 g/mol. The van der Waals surface area contributed by atoms with Crippen LogP contribution in [0.25, 0.3) is 44.6 Å². The Labute approximate surface area is 253 Å². The number of ether oxygens (including phenoxy) is 4. The minimum absolute atomic E-state index is 0.00974. The minimum atomic E-state index is -1.80. The average molecular weight is 625 g/mol. The molecule has 2 aromatic heterocycles. The molecule has 0 bridgehead atoms. The Balaban J connectivity index is 1.68. The fourth-order valence-corrected chi connectivity index (χ4v) is 5.23. The number of hydrogen-bond donors (Lipinski definition) is 7. The second-order valence-corrected chi connectivity index (χ2v) is 10.3. The maximum absolute atomic E-state index is 12.7. The van der Waals surface area contributed by atoms with Crippen molar-refractivity contribution in [3.8, 4) is 57.1 Å². The molecule has 1 aliphatic rings. The van der Waals surface area contributed by atoms with Gasteiger partial charge in [0.1, 0.15) is 41.3 Å². The van der Waals surface area contributed by atoms with Crippen LogP contribution in [0.1, 0.15) is 0 Å². The minimum Gasteiger partial charge on any atom is -0.504 e.